The Hall–Kier alpha value is -2.40. The van der Waals surface area contributed by atoms with Gasteiger partial charge in [-0.05, 0) is 25.0 Å². The van der Waals surface area contributed by atoms with Gasteiger partial charge in [0.25, 0.3) is 0 Å². The summed E-state index contributed by atoms with van der Waals surface area (Å²) in [4.78, 5) is 26.3. The zero-order valence-corrected chi connectivity index (χ0v) is 14.6. The molecule has 1 N–H and O–H groups in total. The number of sulfone groups is 1. The average molecular weight is 361 g/mol. The van der Waals surface area contributed by atoms with E-state index in [9.17, 15) is 18.0 Å². The minimum Gasteiger partial charge on any atom is -0.341 e. The molecule has 1 saturated heterocycles. The standard InChI is InChI=1S/C17H19N3O4S/c1-20(12-6-7-25(23,24)10-12)17(22)14-8-13(14)16(21)19-15-5-3-2-4-11(15)9-18/h2-5,12-14H,6-8,10H2,1H3,(H,19,21). The summed E-state index contributed by atoms with van der Waals surface area (Å²) in [7, 11) is -1.46. The predicted molar refractivity (Wildman–Crippen MR) is 91.2 cm³/mol. The molecule has 0 radical (unpaired) electrons. The number of nitrogens with one attached hydrogen (secondary N) is 1. The highest BCUT2D eigenvalue weighted by Gasteiger charge is 2.50. The van der Waals surface area contributed by atoms with Crippen molar-refractivity contribution in [3.05, 3.63) is 29.8 Å². The smallest absolute Gasteiger partial charge is 0.228 e. The second-order valence-corrected chi connectivity index (χ2v) is 8.83. The van der Waals surface area contributed by atoms with Crippen molar-refractivity contribution >= 4 is 27.3 Å². The summed E-state index contributed by atoms with van der Waals surface area (Å²) in [5.41, 5.74) is 0.802. The van der Waals surface area contributed by atoms with Gasteiger partial charge in [0.2, 0.25) is 11.8 Å². The SMILES string of the molecule is CN(C(=O)C1CC1C(=O)Nc1ccccc1C#N)C1CCS(=O)(=O)C1. The maximum absolute atomic E-state index is 12.5. The van der Waals surface area contributed by atoms with Gasteiger partial charge >= 0.3 is 0 Å². The molecule has 2 fully saturated rings. The van der Waals surface area contributed by atoms with Gasteiger partial charge in [-0.2, -0.15) is 5.26 Å². The first kappa shape index (κ1) is 17.4. The van der Waals surface area contributed by atoms with E-state index in [2.05, 4.69) is 5.32 Å². The molecule has 1 aliphatic carbocycles. The molecule has 1 heterocycles. The number of nitrogens with zero attached hydrogens (tertiary/aromatic N) is 2. The molecule has 1 saturated carbocycles. The van der Waals surface area contributed by atoms with E-state index in [1.54, 1.807) is 31.3 Å². The molecule has 2 amide bonds. The van der Waals surface area contributed by atoms with Crippen molar-refractivity contribution in [3.63, 3.8) is 0 Å². The molecule has 0 spiro atoms. The van der Waals surface area contributed by atoms with Crippen LogP contribution in [0.5, 0.6) is 0 Å². The lowest BCUT2D eigenvalue weighted by Gasteiger charge is -2.23. The first-order valence-electron chi connectivity index (χ1n) is 8.09. The third-order valence-electron chi connectivity index (χ3n) is 4.85. The molecule has 3 atom stereocenters. The van der Waals surface area contributed by atoms with Crippen molar-refractivity contribution in [1.82, 2.24) is 4.90 Å². The van der Waals surface area contributed by atoms with Crippen molar-refractivity contribution in [2.45, 2.75) is 18.9 Å². The number of carbonyl (C=O) groups is 2. The van der Waals surface area contributed by atoms with Crippen molar-refractivity contribution < 1.29 is 18.0 Å². The van der Waals surface area contributed by atoms with E-state index in [1.165, 1.54) is 4.90 Å². The van der Waals surface area contributed by atoms with Crippen LogP contribution in [-0.2, 0) is 19.4 Å². The fourth-order valence-corrected chi connectivity index (χ4v) is 4.97. The largest absolute Gasteiger partial charge is 0.341 e. The van der Waals surface area contributed by atoms with Gasteiger partial charge in [-0.1, -0.05) is 12.1 Å². The predicted octanol–water partition coefficient (Wildman–Crippen LogP) is 0.778. The molecule has 1 aliphatic heterocycles. The fourth-order valence-electron chi connectivity index (χ4n) is 3.20. The number of para-hydroxylation sites is 1. The van der Waals surface area contributed by atoms with Crippen molar-refractivity contribution in [2.75, 3.05) is 23.9 Å². The van der Waals surface area contributed by atoms with Gasteiger partial charge in [0.05, 0.1) is 34.6 Å². The third kappa shape index (κ3) is 3.66. The first-order chi connectivity index (χ1) is 11.8. The molecule has 3 unspecified atom stereocenters. The second kappa shape index (κ2) is 6.48. The summed E-state index contributed by atoms with van der Waals surface area (Å²) < 4.78 is 23.1. The lowest BCUT2D eigenvalue weighted by molar-refractivity contribution is -0.134. The van der Waals surface area contributed by atoms with Crippen molar-refractivity contribution in [1.29, 1.82) is 5.26 Å². The molecule has 1 aromatic carbocycles. The van der Waals surface area contributed by atoms with Gasteiger partial charge in [0.1, 0.15) is 6.07 Å². The average Bonchev–Trinajstić information content (AvgIpc) is 3.31. The van der Waals surface area contributed by atoms with E-state index in [4.69, 9.17) is 5.26 Å². The molecular weight excluding hydrogens is 342 g/mol. The summed E-state index contributed by atoms with van der Waals surface area (Å²) in [6, 6.07) is 8.39. The molecule has 0 bridgehead atoms. The van der Waals surface area contributed by atoms with Crippen LogP contribution in [0.15, 0.2) is 24.3 Å². The van der Waals surface area contributed by atoms with Crippen molar-refractivity contribution in [3.8, 4) is 6.07 Å². The van der Waals surface area contributed by atoms with E-state index in [1.807, 2.05) is 6.07 Å². The normalized spacial score (nSPS) is 26.5. The zero-order valence-electron chi connectivity index (χ0n) is 13.8. The minimum atomic E-state index is -3.06. The Balaban J connectivity index is 1.59. The zero-order chi connectivity index (χ0) is 18.2. The van der Waals surface area contributed by atoms with E-state index in [-0.39, 0.29) is 29.4 Å². The Kier molecular flexibility index (Phi) is 4.52. The molecule has 1 aromatic rings. The Morgan fingerprint density at radius 2 is 2.00 bits per heavy atom. The van der Waals surface area contributed by atoms with Gasteiger partial charge in [-0.25, -0.2) is 8.42 Å². The number of nitriles is 1. The third-order valence-corrected chi connectivity index (χ3v) is 6.60. The number of benzene rings is 1. The van der Waals surface area contributed by atoms with Crippen LogP contribution in [0.2, 0.25) is 0 Å². The molecule has 0 aromatic heterocycles. The summed E-state index contributed by atoms with van der Waals surface area (Å²) in [5, 5.41) is 11.8. The number of hydrogen-bond acceptors (Lipinski definition) is 5. The molecule has 2 aliphatic rings. The van der Waals surface area contributed by atoms with Crippen LogP contribution < -0.4 is 5.32 Å². The van der Waals surface area contributed by atoms with E-state index in [0.29, 0.717) is 24.1 Å². The van der Waals surface area contributed by atoms with Crippen LogP contribution in [0.25, 0.3) is 0 Å². The summed E-state index contributed by atoms with van der Waals surface area (Å²) in [6.45, 7) is 0. The summed E-state index contributed by atoms with van der Waals surface area (Å²) in [6.07, 6.45) is 0.896. The van der Waals surface area contributed by atoms with Gasteiger partial charge < -0.3 is 10.2 Å². The summed E-state index contributed by atoms with van der Waals surface area (Å²) in [5.74, 6) is -1.21. The molecule has 3 rings (SSSR count). The number of hydrogen-bond donors (Lipinski definition) is 1. The van der Waals surface area contributed by atoms with Crippen molar-refractivity contribution in [2.24, 2.45) is 11.8 Å². The highest BCUT2D eigenvalue weighted by atomic mass is 32.2. The van der Waals surface area contributed by atoms with Crippen LogP contribution >= 0.6 is 0 Å². The Bertz CT molecular complexity index is 859. The highest BCUT2D eigenvalue weighted by molar-refractivity contribution is 7.91. The maximum atomic E-state index is 12.5. The summed E-state index contributed by atoms with van der Waals surface area (Å²) >= 11 is 0. The number of amides is 2. The molecule has 132 valence electrons. The number of anilines is 1. The minimum absolute atomic E-state index is 0.00559. The van der Waals surface area contributed by atoms with Crippen LogP contribution in [0.1, 0.15) is 18.4 Å². The van der Waals surface area contributed by atoms with Gasteiger partial charge in [0, 0.05) is 13.1 Å². The molecular formula is C17H19N3O4S. The molecule has 8 heteroatoms. The molecule has 7 nitrogen and oxygen atoms in total. The number of carbonyl (C=O) groups excluding carboxylic acids is 2. The topological polar surface area (TPSA) is 107 Å². The van der Waals surface area contributed by atoms with Gasteiger partial charge in [-0.3, -0.25) is 9.59 Å². The first-order valence-corrected chi connectivity index (χ1v) is 9.91. The Morgan fingerprint density at radius 3 is 2.64 bits per heavy atom. The van der Waals surface area contributed by atoms with E-state index in [0.717, 1.165) is 0 Å². The fraction of sp³-hybridized carbons (Fsp3) is 0.471. The van der Waals surface area contributed by atoms with Crippen LogP contribution in [0.3, 0.4) is 0 Å². The number of rotatable bonds is 4. The van der Waals surface area contributed by atoms with Crippen LogP contribution in [0, 0.1) is 23.2 Å². The maximum Gasteiger partial charge on any atom is 0.228 e. The highest BCUT2D eigenvalue weighted by Crippen LogP contribution is 2.41. The van der Waals surface area contributed by atoms with E-state index >= 15 is 0 Å². The van der Waals surface area contributed by atoms with Crippen LogP contribution in [0.4, 0.5) is 5.69 Å². The van der Waals surface area contributed by atoms with E-state index < -0.39 is 21.7 Å². The Morgan fingerprint density at radius 1 is 1.28 bits per heavy atom. The lowest BCUT2D eigenvalue weighted by Crippen LogP contribution is -2.39. The lowest BCUT2D eigenvalue weighted by atomic mass is 10.1. The quantitative estimate of drug-likeness (QED) is 0.853. The second-order valence-electron chi connectivity index (χ2n) is 6.60. The molecule has 25 heavy (non-hydrogen) atoms. The van der Waals surface area contributed by atoms with Gasteiger partial charge in [-0.15, -0.1) is 0 Å². The Labute approximate surface area is 146 Å². The van der Waals surface area contributed by atoms with Crippen LogP contribution in [-0.4, -0.2) is 49.7 Å². The monoisotopic (exact) mass is 361 g/mol. The van der Waals surface area contributed by atoms with Gasteiger partial charge in [0.15, 0.2) is 9.84 Å².